The molecule has 6 aromatic rings. The maximum atomic E-state index is 10.5. The second-order valence-electron chi connectivity index (χ2n) is 10.9. The zero-order valence-corrected chi connectivity index (χ0v) is 28.0. The fourth-order valence-electron chi connectivity index (χ4n) is 5.05. The van der Waals surface area contributed by atoms with Gasteiger partial charge in [-0.15, -0.1) is 0 Å². The van der Waals surface area contributed by atoms with E-state index in [2.05, 4.69) is 0 Å². The van der Waals surface area contributed by atoms with Crippen molar-refractivity contribution in [1.29, 1.82) is 0 Å². The number of carbonyl (C=O) groups excluding carboxylic acids is 3. The molecule has 7 rings (SSSR count). The summed E-state index contributed by atoms with van der Waals surface area (Å²) in [5, 5.41) is 37.5. The molecule has 0 bridgehead atoms. The van der Waals surface area contributed by atoms with Crippen LogP contribution in [-0.2, 0) is 0 Å². The maximum absolute atomic E-state index is 10.5. The van der Waals surface area contributed by atoms with Gasteiger partial charge in [-0.3, -0.25) is 0 Å². The Morgan fingerprint density at radius 2 is 0.717 bits per heavy atom. The van der Waals surface area contributed by atoms with Crippen LogP contribution in [0.3, 0.4) is 0 Å². The summed E-state index contributed by atoms with van der Waals surface area (Å²) in [5.74, 6) is -3.40. The van der Waals surface area contributed by atoms with Gasteiger partial charge in [0.2, 0.25) is 0 Å². The Morgan fingerprint density at radius 3 is 0.957 bits per heavy atom. The molecule has 6 nitrogen and oxygen atoms in total. The first-order valence-electron chi connectivity index (χ1n) is 15.0. The normalized spacial score (nSPS) is 12.5. The molecule has 0 aliphatic heterocycles. The van der Waals surface area contributed by atoms with Gasteiger partial charge in [-0.05, 0) is 67.2 Å². The number of benzene rings is 6. The third-order valence-electron chi connectivity index (χ3n) is 7.56. The summed E-state index contributed by atoms with van der Waals surface area (Å²) in [4.78, 5) is 31.6. The Kier molecular flexibility index (Phi) is 12.7. The molecule has 7 heteroatoms. The van der Waals surface area contributed by atoms with Crippen molar-refractivity contribution < 1.29 is 29.7 Å². The average molecular weight is 715 g/mol. The summed E-state index contributed by atoms with van der Waals surface area (Å²) in [6.07, 6.45) is 7.58. The van der Waals surface area contributed by atoms with Gasteiger partial charge in [-0.25, -0.2) is 0 Å². The molecule has 0 radical (unpaired) electrons. The monoisotopic (exact) mass is 716 g/mol. The minimum absolute atomic E-state index is 0.221. The van der Waals surface area contributed by atoms with Gasteiger partial charge in [-0.2, -0.15) is 0 Å². The molecule has 1 aliphatic rings. The van der Waals surface area contributed by atoms with Crippen molar-refractivity contribution in [1.82, 2.24) is 0 Å². The standard InChI is InChI=1S/3C11H8O2.C6H11.Sn/c3*12-11(13)10-6-5-8-3-1-2-4-9(8)7-10;1-2-4-6-5-3-1;/h3*1-7H,(H,12,13);1H,2-6H2;/q;;;;+3/p-3. The molecular formula is C39H32O6Sn. The Balaban J connectivity index is 0.000000142. The minimum atomic E-state index is -1.13. The molecule has 0 heterocycles. The fraction of sp³-hybridized carbons (Fsp3) is 0.154. The molecule has 0 saturated heterocycles. The summed E-state index contributed by atoms with van der Waals surface area (Å²) in [6, 6.07) is 37.7. The van der Waals surface area contributed by atoms with E-state index in [4.69, 9.17) is 0 Å². The van der Waals surface area contributed by atoms with Crippen LogP contribution >= 0.6 is 0 Å². The van der Waals surface area contributed by atoms with E-state index in [1.165, 1.54) is 32.1 Å². The van der Waals surface area contributed by atoms with Gasteiger partial charge in [0.25, 0.3) is 0 Å². The molecule has 1 fully saturated rings. The molecule has 0 aromatic heterocycles. The van der Waals surface area contributed by atoms with Gasteiger partial charge in [0.15, 0.2) is 0 Å². The zero-order chi connectivity index (χ0) is 32.9. The van der Waals surface area contributed by atoms with E-state index >= 15 is 0 Å². The first-order chi connectivity index (χ1) is 22.2. The van der Waals surface area contributed by atoms with Crippen LogP contribution in [0.4, 0.5) is 0 Å². The summed E-state index contributed by atoms with van der Waals surface area (Å²) in [6.45, 7) is 0. The van der Waals surface area contributed by atoms with E-state index < -0.39 is 17.9 Å². The number of aromatic carboxylic acids is 3. The Labute approximate surface area is 281 Å². The Hall–Kier alpha value is -4.69. The Bertz CT molecular complexity index is 1730. The van der Waals surface area contributed by atoms with Crippen molar-refractivity contribution in [2.45, 2.75) is 36.0 Å². The topological polar surface area (TPSA) is 120 Å². The number of rotatable bonds is 3. The first-order valence-corrected chi connectivity index (χ1v) is 16.7. The molecule has 0 N–H and O–H groups in total. The molecule has 6 aromatic carbocycles. The number of carboxylic acids is 3. The van der Waals surface area contributed by atoms with E-state index in [0.29, 0.717) is 0 Å². The van der Waals surface area contributed by atoms with Crippen molar-refractivity contribution in [2.24, 2.45) is 0 Å². The van der Waals surface area contributed by atoms with E-state index in [1.54, 1.807) is 77.1 Å². The van der Waals surface area contributed by atoms with E-state index in [-0.39, 0.29) is 16.7 Å². The molecule has 0 amide bonds. The van der Waals surface area contributed by atoms with Crippen LogP contribution in [0.5, 0.6) is 0 Å². The Morgan fingerprint density at radius 1 is 0.435 bits per heavy atom. The zero-order valence-electron chi connectivity index (χ0n) is 25.2. The number of carboxylic acid groups (broad SMARTS) is 3. The summed E-state index contributed by atoms with van der Waals surface area (Å²) in [5.41, 5.74) is 0.663. The molecule has 228 valence electrons. The number of hydrogen-bond acceptors (Lipinski definition) is 6. The van der Waals surface area contributed by atoms with Gasteiger partial charge in [0.1, 0.15) is 0 Å². The van der Waals surface area contributed by atoms with Crippen LogP contribution in [0.15, 0.2) is 127 Å². The van der Waals surface area contributed by atoms with Gasteiger partial charge >= 0.3 is 58.6 Å². The van der Waals surface area contributed by atoms with Crippen LogP contribution in [0.25, 0.3) is 32.3 Å². The first kappa shape index (κ1) is 34.2. The van der Waals surface area contributed by atoms with Gasteiger partial charge in [-0.1, -0.05) is 109 Å². The molecule has 0 spiro atoms. The van der Waals surface area contributed by atoms with E-state index in [1.807, 2.05) is 72.8 Å². The van der Waals surface area contributed by atoms with Crippen LogP contribution in [0.2, 0.25) is 3.93 Å². The molecule has 1 saturated carbocycles. The number of carbonyl (C=O) groups is 3. The van der Waals surface area contributed by atoms with Gasteiger partial charge in [0.05, 0.1) is 17.9 Å². The summed E-state index contributed by atoms with van der Waals surface area (Å²) >= 11 is 1.77. The van der Waals surface area contributed by atoms with Crippen LogP contribution in [0.1, 0.15) is 63.2 Å². The third-order valence-corrected chi connectivity index (χ3v) is 9.21. The quantitative estimate of drug-likeness (QED) is 0.223. The third kappa shape index (κ3) is 10.2. The van der Waals surface area contributed by atoms with Crippen molar-refractivity contribution >= 4 is 72.8 Å². The van der Waals surface area contributed by atoms with E-state index in [0.717, 1.165) is 36.3 Å². The van der Waals surface area contributed by atoms with Crippen molar-refractivity contribution in [2.75, 3.05) is 0 Å². The molecule has 46 heavy (non-hydrogen) atoms. The van der Waals surface area contributed by atoms with E-state index in [9.17, 15) is 29.7 Å². The molecule has 0 unspecified atom stereocenters. The van der Waals surface area contributed by atoms with Crippen molar-refractivity contribution in [3.63, 3.8) is 0 Å². The number of fused-ring (bicyclic) bond motifs is 3. The molecule has 0 atom stereocenters. The number of hydrogen-bond donors (Lipinski definition) is 0. The van der Waals surface area contributed by atoms with Crippen molar-refractivity contribution in [3.8, 4) is 0 Å². The SMILES string of the molecule is O=C([O-])c1ccc2ccccc2c1.O=C([O-])c1ccc2ccccc2c1.O=C([O-])c1ccc2ccccc2c1.[Sn+3][CH]1CCCCC1. The second kappa shape index (κ2) is 17.1. The van der Waals surface area contributed by atoms with Crippen LogP contribution < -0.4 is 15.3 Å². The molecule has 1 aliphatic carbocycles. The summed E-state index contributed by atoms with van der Waals surface area (Å²) < 4.78 is 1.13. The average Bonchev–Trinajstić information content (AvgIpc) is 3.08. The van der Waals surface area contributed by atoms with Gasteiger partial charge < -0.3 is 29.7 Å². The van der Waals surface area contributed by atoms with Crippen molar-refractivity contribution in [3.05, 3.63) is 144 Å². The van der Waals surface area contributed by atoms with Crippen LogP contribution in [-0.4, -0.2) is 40.4 Å². The fourth-order valence-corrected chi connectivity index (χ4v) is 6.22. The van der Waals surface area contributed by atoms with Crippen LogP contribution in [0, 0.1) is 0 Å². The molecular weight excluding hydrogens is 683 g/mol. The second-order valence-corrected chi connectivity index (χ2v) is 13.2. The van der Waals surface area contributed by atoms with Gasteiger partial charge in [0, 0.05) is 0 Å². The predicted molar refractivity (Wildman–Crippen MR) is 177 cm³/mol. The summed E-state index contributed by atoms with van der Waals surface area (Å²) in [7, 11) is 0. The predicted octanol–water partition coefficient (Wildman–Crippen LogP) is 5.52.